The molecule has 0 aliphatic heterocycles. The molecule has 0 radical (unpaired) electrons. The highest BCUT2D eigenvalue weighted by atomic mass is 16.3. The molecule has 5 rings (SSSR count). The van der Waals surface area contributed by atoms with Crippen LogP contribution in [-0.2, 0) is 5.41 Å². The predicted octanol–water partition coefficient (Wildman–Crippen LogP) is 7.49. The highest BCUT2D eigenvalue weighted by Gasteiger charge is 2.14. The molecule has 34 heavy (non-hydrogen) atoms. The van der Waals surface area contributed by atoms with Crippen molar-refractivity contribution in [3.05, 3.63) is 101 Å². The van der Waals surface area contributed by atoms with E-state index < -0.39 is 0 Å². The minimum atomic E-state index is 0.102. The van der Waals surface area contributed by atoms with Gasteiger partial charge in [0.2, 0.25) is 0 Å². The van der Waals surface area contributed by atoms with Crippen molar-refractivity contribution in [2.45, 2.75) is 40.0 Å². The van der Waals surface area contributed by atoms with Crippen LogP contribution in [0.5, 0.6) is 0 Å². The van der Waals surface area contributed by atoms with Gasteiger partial charge in [-0.2, -0.15) is 5.10 Å². The largest absolute Gasteiger partial charge is 0.456 e. The third kappa shape index (κ3) is 4.32. The molecule has 0 saturated carbocycles. The zero-order chi connectivity index (χ0) is 23.9. The van der Waals surface area contributed by atoms with Crippen molar-refractivity contribution in [2.75, 3.05) is 5.43 Å². The molecule has 0 amide bonds. The molecule has 170 valence electrons. The maximum absolute atomic E-state index is 6.41. The first-order valence-electron chi connectivity index (χ1n) is 11.6. The minimum absolute atomic E-state index is 0.102. The zero-order valence-corrected chi connectivity index (χ0v) is 20.3. The molecule has 0 aliphatic rings. The quantitative estimate of drug-likeness (QED) is 0.292. The van der Waals surface area contributed by atoms with Gasteiger partial charge in [0.25, 0.3) is 0 Å². The van der Waals surface area contributed by atoms with Crippen LogP contribution in [0.4, 0.5) is 5.82 Å². The number of aryl methyl sites for hydroxylation is 2. The second-order valence-corrected chi connectivity index (χ2v) is 9.89. The van der Waals surface area contributed by atoms with E-state index in [9.17, 15) is 0 Å². The summed E-state index contributed by atoms with van der Waals surface area (Å²) in [4.78, 5) is 4.69. The van der Waals surface area contributed by atoms with Crippen molar-refractivity contribution in [3.8, 4) is 11.3 Å². The number of benzene rings is 3. The maximum Gasteiger partial charge on any atom is 0.146 e. The Labute approximate surface area is 200 Å². The molecule has 0 fully saturated rings. The van der Waals surface area contributed by atoms with E-state index in [4.69, 9.17) is 14.5 Å². The Balaban J connectivity index is 1.63. The molecule has 1 N–H and O–H groups in total. The van der Waals surface area contributed by atoms with Crippen LogP contribution in [0, 0.1) is 13.8 Å². The van der Waals surface area contributed by atoms with E-state index in [0.29, 0.717) is 5.82 Å². The van der Waals surface area contributed by atoms with Crippen molar-refractivity contribution in [2.24, 2.45) is 5.10 Å². The van der Waals surface area contributed by atoms with Gasteiger partial charge in [-0.15, -0.1) is 0 Å². The van der Waals surface area contributed by atoms with E-state index in [1.54, 1.807) is 0 Å². The Bertz CT molecular complexity index is 1570. The number of nitrogens with one attached hydrogen (secondary N) is 1. The molecule has 0 aliphatic carbocycles. The smallest absolute Gasteiger partial charge is 0.146 e. The number of rotatable bonds is 3. The van der Waals surface area contributed by atoms with Gasteiger partial charge in [-0.3, -0.25) is 5.43 Å². The van der Waals surface area contributed by atoms with Crippen molar-refractivity contribution >= 4 is 27.7 Å². The van der Waals surface area contributed by atoms with Gasteiger partial charge in [-0.05, 0) is 60.2 Å². The molecule has 2 heterocycles. The lowest BCUT2D eigenvalue weighted by Crippen LogP contribution is -2.11. The SMILES string of the molecule is Cc1cc(C)c2oc(-c3ccc(C(C)(C)C)cc3)c/c(=N\Nc3ccc4ccccc4n3)c2c1. The number of para-hydroxylation sites is 1. The maximum atomic E-state index is 6.41. The van der Waals surface area contributed by atoms with Crippen LogP contribution in [0.1, 0.15) is 37.5 Å². The first-order chi connectivity index (χ1) is 16.3. The van der Waals surface area contributed by atoms with Gasteiger partial charge in [0.1, 0.15) is 17.2 Å². The number of hydrogen-bond acceptors (Lipinski definition) is 4. The summed E-state index contributed by atoms with van der Waals surface area (Å²) < 4.78 is 6.41. The second-order valence-electron chi connectivity index (χ2n) is 9.89. The normalized spacial score (nSPS) is 12.4. The van der Waals surface area contributed by atoms with Crippen LogP contribution in [0.15, 0.2) is 88.4 Å². The standard InChI is InChI=1S/C30H29N3O/c1-19-16-20(2)29-24(17-19)26(32-33-28-15-12-21-8-6-7-9-25(21)31-28)18-27(34-29)22-10-13-23(14-11-22)30(3,4)5/h6-18H,1-5H3,(H,31,33)/b32-26+. The Morgan fingerprint density at radius 2 is 1.62 bits per heavy atom. The molecule has 0 bridgehead atoms. The number of hydrogen-bond donors (Lipinski definition) is 1. The fraction of sp³-hybridized carbons (Fsp3) is 0.200. The molecular formula is C30H29N3O. The second kappa shape index (κ2) is 8.45. The lowest BCUT2D eigenvalue weighted by Gasteiger charge is -2.19. The average molecular weight is 448 g/mol. The molecule has 0 spiro atoms. The summed E-state index contributed by atoms with van der Waals surface area (Å²) in [6, 6.07) is 26.9. The van der Waals surface area contributed by atoms with Crippen LogP contribution in [0.2, 0.25) is 0 Å². The highest BCUT2D eigenvalue weighted by Crippen LogP contribution is 2.28. The Hall–Kier alpha value is -3.92. The van der Waals surface area contributed by atoms with Crippen molar-refractivity contribution in [3.63, 3.8) is 0 Å². The molecule has 3 aromatic carbocycles. The van der Waals surface area contributed by atoms with Gasteiger partial charge >= 0.3 is 0 Å². The Morgan fingerprint density at radius 1 is 0.853 bits per heavy atom. The molecule has 0 unspecified atom stereocenters. The Kier molecular flexibility index (Phi) is 5.45. The van der Waals surface area contributed by atoms with E-state index in [2.05, 4.69) is 88.6 Å². The molecule has 2 aromatic heterocycles. The molecular weight excluding hydrogens is 418 g/mol. The predicted molar refractivity (Wildman–Crippen MR) is 141 cm³/mol. The number of nitrogens with zero attached hydrogens (tertiary/aromatic N) is 2. The van der Waals surface area contributed by atoms with Crippen molar-refractivity contribution in [1.82, 2.24) is 4.98 Å². The van der Waals surface area contributed by atoms with E-state index in [0.717, 1.165) is 44.1 Å². The summed E-state index contributed by atoms with van der Waals surface area (Å²) in [6.07, 6.45) is 0. The Morgan fingerprint density at radius 3 is 2.38 bits per heavy atom. The molecule has 4 nitrogen and oxygen atoms in total. The zero-order valence-electron chi connectivity index (χ0n) is 20.3. The van der Waals surface area contributed by atoms with Gasteiger partial charge in [0.15, 0.2) is 0 Å². The number of fused-ring (bicyclic) bond motifs is 2. The first kappa shape index (κ1) is 21.9. The van der Waals surface area contributed by atoms with E-state index in [-0.39, 0.29) is 5.41 Å². The first-order valence-corrected chi connectivity index (χ1v) is 11.6. The van der Waals surface area contributed by atoms with Crippen molar-refractivity contribution in [1.29, 1.82) is 0 Å². The number of pyridine rings is 1. The minimum Gasteiger partial charge on any atom is -0.456 e. The van der Waals surface area contributed by atoms with E-state index >= 15 is 0 Å². The summed E-state index contributed by atoms with van der Waals surface area (Å²) in [6.45, 7) is 10.8. The lowest BCUT2D eigenvalue weighted by atomic mass is 9.86. The summed E-state index contributed by atoms with van der Waals surface area (Å²) in [5.74, 6) is 1.49. The van der Waals surface area contributed by atoms with Gasteiger partial charge in [0.05, 0.1) is 10.9 Å². The van der Waals surface area contributed by atoms with Crippen LogP contribution >= 0.6 is 0 Å². The molecule has 5 aromatic rings. The summed E-state index contributed by atoms with van der Waals surface area (Å²) in [7, 11) is 0. The van der Waals surface area contributed by atoms with E-state index in [1.165, 1.54) is 11.1 Å². The molecule has 0 atom stereocenters. The lowest BCUT2D eigenvalue weighted by molar-refractivity contribution is 0.589. The monoisotopic (exact) mass is 447 g/mol. The number of anilines is 1. The number of aromatic nitrogens is 1. The summed E-state index contributed by atoms with van der Waals surface area (Å²) in [5, 5.41) is 7.66. The summed E-state index contributed by atoms with van der Waals surface area (Å²) >= 11 is 0. The van der Waals surface area contributed by atoms with Crippen molar-refractivity contribution < 1.29 is 4.42 Å². The van der Waals surface area contributed by atoms with Gasteiger partial charge in [-0.25, -0.2) is 4.98 Å². The topological polar surface area (TPSA) is 50.4 Å². The third-order valence-electron chi connectivity index (χ3n) is 6.10. The third-order valence-corrected chi connectivity index (χ3v) is 6.10. The fourth-order valence-electron chi connectivity index (χ4n) is 4.24. The van der Waals surface area contributed by atoms with Gasteiger partial charge in [0, 0.05) is 22.4 Å². The van der Waals surface area contributed by atoms with Crippen LogP contribution < -0.4 is 10.8 Å². The van der Waals surface area contributed by atoms with Crippen LogP contribution in [0.25, 0.3) is 33.2 Å². The molecule has 4 heteroatoms. The highest BCUT2D eigenvalue weighted by molar-refractivity contribution is 5.82. The van der Waals surface area contributed by atoms with Crippen LogP contribution in [0.3, 0.4) is 0 Å². The fourth-order valence-corrected chi connectivity index (χ4v) is 4.24. The van der Waals surface area contributed by atoms with Gasteiger partial charge in [-0.1, -0.05) is 69.3 Å². The van der Waals surface area contributed by atoms with E-state index in [1.807, 2.05) is 30.3 Å². The molecule has 0 saturated heterocycles. The van der Waals surface area contributed by atoms with Gasteiger partial charge < -0.3 is 4.42 Å². The summed E-state index contributed by atoms with van der Waals surface area (Å²) in [5.41, 5.74) is 9.61. The average Bonchev–Trinajstić information content (AvgIpc) is 2.82. The van der Waals surface area contributed by atoms with Crippen LogP contribution in [-0.4, -0.2) is 4.98 Å².